The van der Waals surface area contributed by atoms with Gasteiger partial charge >= 0.3 is 0 Å². The van der Waals surface area contributed by atoms with Gasteiger partial charge in [-0.2, -0.15) is 0 Å². The first-order chi connectivity index (χ1) is 14.5. The zero-order valence-corrected chi connectivity index (χ0v) is 17.7. The zero-order valence-electron chi connectivity index (χ0n) is 17.7. The molecule has 2 aromatic rings. The molecule has 2 aliphatic rings. The highest BCUT2D eigenvalue weighted by Gasteiger charge is 2.38. The van der Waals surface area contributed by atoms with E-state index in [1.165, 1.54) is 5.56 Å². The maximum atomic E-state index is 13.2. The van der Waals surface area contributed by atoms with Gasteiger partial charge in [-0.25, -0.2) is 0 Å². The van der Waals surface area contributed by atoms with Gasteiger partial charge in [-0.3, -0.25) is 9.59 Å². The molecule has 0 fully saturated rings. The Kier molecular flexibility index (Phi) is 5.62. The molecule has 1 amide bonds. The van der Waals surface area contributed by atoms with E-state index >= 15 is 0 Å². The lowest BCUT2D eigenvalue weighted by Gasteiger charge is -2.34. The monoisotopic (exact) mass is 405 g/mol. The number of allylic oxidation sites excluding steroid dienone is 2. The van der Waals surface area contributed by atoms with E-state index < -0.39 is 0 Å². The molecule has 1 aliphatic carbocycles. The van der Waals surface area contributed by atoms with Crippen molar-refractivity contribution in [3.05, 3.63) is 70.4 Å². The highest BCUT2D eigenvalue weighted by Crippen LogP contribution is 2.43. The zero-order chi connectivity index (χ0) is 21.3. The standard InChI is InChI=1S/C25H27NO4/c1-4-15-5-7-16(8-6-15)19-14-24(28)26-20-11-18(12-21(27)25(19)20)17-9-10-22(29-2)23(13-17)30-3/h5-10,13,18-19H,4,11-12,14H2,1-3H3,(H,26,28)/t18-,19-/m1/s1. The summed E-state index contributed by atoms with van der Waals surface area (Å²) < 4.78 is 10.7. The van der Waals surface area contributed by atoms with Crippen LogP contribution in [0.1, 0.15) is 54.7 Å². The van der Waals surface area contributed by atoms with Crippen molar-refractivity contribution < 1.29 is 19.1 Å². The Labute approximate surface area is 177 Å². The molecule has 0 aromatic heterocycles. The van der Waals surface area contributed by atoms with Crippen molar-refractivity contribution in [1.82, 2.24) is 5.32 Å². The Morgan fingerprint density at radius 3 is 2.27 bits per heavy atom. The molecule has 156 valence electrons. The Morgan fingerprint density at radius 2 is 1.60 bits per heavy atom. The van der Waals surface area contributed by atoms with Gasteiger partial charge in [0.1, 0.15) is 0 Å². The van der Waals surface area contributed by atoms with Gasteiger partial charge in [-0.1, -0.05) is 37.3 Å². The average Bonchev–Trinajstić information content (AvgIpc) is 2.77. The van der Waals surface area contributed by atoms with Crippen molar-refractivity contribution in [2.24, 2.45) is 0 Å². The maximum absolute atomic E-state index is 13.2. The van der Waals surface area contributed by atoms with Gasteiger partial charge < -0.3 is 14.8 Å². The molecule has 1 aliphatic heterocycles. The van der Waals surface area contributed by atoms with Crippen molar-refractivity contribution in [3.8, 4) is 11.5 Å². The van der Waals surface area contributed by atoms with E-state index in [2.05, 4.69) is 36.5 Å². The second kappa shape index (κ2) is 8.34. The van der Waals surface area contributed by atoms with Crippen LogP contribution in [0.5, 0.6) is 11.5 Å². The smallest absolute Gasteiger partial charge is 0.225 e. The summed E-state index contributed by atoms with van der Waals surface area (Å²) in [5, 5.41) is 2.99. The van der Waals surface area contributed by atoms with Gasteiger partial charge in [0.2, 0.25) is 5.91 Å². The molecule has 30 heavy (non-hydrogen) atoms. The molecule has 0 spiro atoms. The summed E-state index contributed by atoms with van der Waals surface area (Å²) in [5.41, 5.74) is 4.84. The van der Waals surface area contributed by atoms with Crippen LogP contribution in [-0.2, 0) is 16.0 Å². The Morgan fingerprint density at radius 1 is 0.900 bits per heavy atom. The molecule has 0 bridgehead atoms. The van der Waals surface area contributed by atoms with E-state index in [4.69, 9.17) is 9.47 Å². The summed E-state index contributed by atoms with van der Waals surface area (Å²) >= 11 is 0. The molecule has 2 aromatic carbocycles. The summed E-state index contributed by atoms with van der Waals surface area (Å²) in [6.07, 6.45) is 2.34. The topological polar surface area (TPSA) is 64.6 Å². The van der Waals surface area contributed by atoms with Crippen LogP contribution >= 0.6 is 0 Å². The van der Waals surface area contributed by atoms with Crippen molar-refractivity contribution >= 4 is 11.7 Å². The van der Waals surface area contributed by atoms with Crippen LogP contribution in [-0.4, -0.2) is 25.9 Å². The van der Waals surface area contributed by atoms with Crippen molar-refractivity contribution in [2.75, 3.05) is 14.2 Å². The molecule has 2 atom stereocenters. The van der Waals surface area contributed by atoms with Crippen LogP contribution in [0, 0.1) is 0 Å². The number of amides is 1. The second-order valence-corrected chi connectivity index (χ2v) is 7.94. The fourth-order valence-electron chi connectivity index (χ4n) is 4.57. The summed E-state index contributed by atoms with van der Waals surface area (Å²) in [5.74, 6) is 1.21. The van der Waals surface area contributed by atoms with Gasteiger partial charge in [0.25, 0.3) is 0 Å². The number of carbonyl (C=O) groups is 2. The fourth-order valence-corrected chi connectivity index (χ4v) is 4.57. The van der Waals surface area contributed by atoms with E-state index in [1.807, 2.05) is 18.2 Å². The molecule has 1 heterocycles. The maximum Gasteiger partial charge on any atom is 0.225 e. The largest absolute Gasteiger partial charge is 0.493 e. The van der Waals surface area contributed by atoms with E-state index in [1.54, 1.807) is 14.2 Å². The Hall–Kier alpha value is -3.08. The number of hydrogen-bond donors (Lipinski definition) is 1. The number of ketones is 1. The lowest BCUT2D eigenvalue weighted by Crippen LogP contribution is -2.38. The SMILES string of the molecule is CCc1ccc([C@H]2CC(=O)NC3=C2C(=O)C[C@H](c2ccc(OC)c(OC)c2)C3)cc1. The van der Waals surface area contributed by atoms with Crippen molar-refractivity contribution in [3.63, 3.8) is 0 Å². The minimum absolute atomic E-state index is 0.00225. The molecule has 1 N–H and O–H groups in total. The Bertz CT molecular complexity index is 1010. The third-order valence-corrected chi connectivity index (χ3v) is 6.21. The highest BCUT2D eigenvalue weighted by molar-refractivity contribution is 6.02. The summed E-state index contributed by atoms with van der Waals surface area (Å²) in [4.78, 5) is 25.7. The summed E-state index contributed by atoms with van der Waals surface area (Å²) in [6.45, 7) is 2.11. The molecular formula is C25H27NO4. The third-order valence-electron chi connectivity index (χ3n) is 6.21. The fraction of sp³-hybridized carbons (Fsp3) is 0.360. The second-order valence-electron chi connectivity index (χ2n) is 7.94. The summed E-state index contributed by atoms with van der Waals surface area (Å²) in [6, 6.07) is 14.0. The molecule has 5 nitrogen and oxygen atoms in total. The number of nitrogens with one attached hydrogen (secondary N) is 1. The molecule has 0 unspecified atom stereocenters. The molecule has 0 radical (unpaired) electrons. The number of aryl methyl sites for hydroxylation is 1. The van der Waals surface area contributed by atoms with Gasteiger partial charge in [0.05, 0.1) is 14.2 Å². The number of rotatable bonds is 5. The van der Waals surface area contributed by atoms with Gasteiger partial charge in [-0.15, -0.1) is 0 Å². The predicted octanol–water partition coefficient (Wildman–Crippen LogP) is 4.27. The number of Topliss-reactive ketones (excluding diaryl/α,β-unsaturated/α-hetero) is 1. The number of methoxy groups -OCH3 is 2. The van der Waals surface area contributed by atoms with E-state index in [9.17, 15) is 9.59 Å². The quantitative estimate of drug-likeness (QED) is 0.807. The van der Waals surface area contributed by atoms with Crippen LogP contribution in [0.2, 0.25) is 0 Å². The van der Waals surface area contributed by atoms with E-state index in [0.29, 0.717) is 30.8 Å². The molecular weight excluding hydrogens is 378 g/mol. The first-order valence-electron chi connectivity index (χ1n) is 10.4. The van der Waals surface area contributed by atoms with Gasteiger partial charge in [-0.05, 0) is 47.6 Å². The van der Waals surface area contributed by atoms with Crippen LogP contribution in [0.25, 0.3) is 0 Å². The van der Waals surface area contributed by atoms with Gasteiger partial charge in [0, 0.05) is 30.0 Å². The van der Waals surface area contributed by atoms with Crippen LogP contribution in [0.15, 0.2) is 53.7 Å². The first kappa shape index (κ1) is 20.2. The minimum atomic E-state index is -0.168. The highest BCUT2D eigenvalue weighted by atomic mass is 16.5. The van der Waals surface area contributed by atoms with Crippen LogP contribution in [0.4, 0.5) is 0 Å². The molecule has 4 rings (SSSR count). The molecule has 5 heteroatoms. The van der Waals surface area contributed by atoms with Crippen molar-refractivity contribution in [1.29, 1.82) is 0 Å². The van der Waals surface area contributed by atoms with Gasteiger partial charge in [0.15, 0.2) is 17.3 Å². The first-order valence-corrected chi connectivity index (χ1v) is 10.4. The predicted molar refractivity (Wildman–Crippen MR) is 115 cm³/mol. The van der Waals surface area contributed by atoms with Crippen LogP contribution < -0.4 is 14.8 Å². The number of ether oxygens (including phenoxy) is 2. The number of hydrogen-bond acceptors (Lipinski definition) is 4. The average molecular weight is 405 g/mol. The van der Waals surface area contributed by atoms with E-state index in [-0.39, 0.29) is 23.5 Å². The molecule has 0 saturated carbocycles. The minimum Gasteiger partial charge on any atom is -0.493 e. The number of carbonyl (C=O) groups excluding carboxylic acids is 2. The third kappa shape index (κ3) is 3.72. The number of benzene rings is 2. The Balaban J connectivity index is 1.67. The van der Waals surface area contributed by atoms with E-state index in [0.717, 1.165) is 28.8 Å². The van der Waals surface area contributed by atoms with Crippen molar-refractivity contribution in [2.45, 2.75) is 44.4 Å². The molecule has 0 saturated heterocycles. The lowest BCUT2D eigenvalue weighted by molar-refractivity contribution is -0.122. The lowest BCUT2D eigenvalue weighted by atomic mass is 9.73. The van der Waals surface area contributed by atoms with Crippen LogP contribution in [0.3, 0.4) is 0 Å². The summed E-state index contributed by atoms with van der Waals surface area (Å²) in [7, 11) is 3.20. The normalized spacial score (nSPS) is 21.2.